The smallest absolute Gasteiger partial charge is 0.168 e. The van der Waals surface area contributed by atoms with Gasteiger partial charge in [0, 0.05) is 32.5 Å². The third kappa shape index (κ3) is 2.48. The molecule has 0 aromatic heterocycles. The van der Waals surface area contributed by atoms with Crippen molar-refractivity contribution < 1.29 is 9.53 Å². The van der Waals surface area contributed by atoms with Gasteiger partial charge >= 0.3 is 0 Å². The van der Waals surface area contributed by atoms with Crippen molar-refractivity contribution in [3.05, 3.63) is 47.2 Å². The van der Waals surface area contributed by atoms with Gasteiger partial charge in [-0.05, 0) is 5.56 Å². The minimum atomic E-state index is -0.292. The molecular weight excluding hydrogens is 276 g/mol. The lowest BCUT2D eigenvalue weighted by atomic mass is 9.82. The number of carbonyl (C=O) groups is 1. The molecule has 3 aliphatic heterocycles. The quantitative estimate of drug-likeness (QED) is 0.841. The summed E-state index contributed by atoms with van der Waals surface area (Å²) in [6.07, 6.45) is 4.07. The van der Waals surface area contributed by atoms with Crippen LogP contribution in [0, 0.1) is 0 Å². The van der Waals surface area contributed by atoms with Crippen molar-refractivity contribution in [2.24, 2.45) is 4.99 Å². The Hall–Kier alpha value is -1.94. The second kappa shape index (κ2) is 5.36. The van der Waals surface area contributed by atoms with Crippen molar-refractivity contribution in [3.63, 3.8) is 0 Å². The Balaban J connectivity index is 1.42. The van der Waals surface area contributed by atoms with E-state index < -0.39 is 0 Å². The summed E-state index contributed by atoms with van der Waals surface area (Å²) in [4.78, 5) is 18.9. The number of ether oxygens (including phenoxy) is 1. The van der Waals surface area contributed by atoms with Crippen LogP contribution < -0.4 is 0 Å². The molecule has 4 nitrogen and oxygen atoms in total. The topological polar surface area (TPSA) is 41.9 Å². The van der Waals surface area contributed by atoms with Crippen LogP contribution in [0.1, 0.15) is 24.8 Å². The number of piperidine rings is 1. The van der Waals surface area contributed by atoms with Gasteiger partial charge < -0.3 is 4.74 Å². The summed E-state index contributed by atoms with van der Waals surface area (Å²) < 4.78 is 6.19. The minimum absolute atomic E-state index is 0.232. The van der Waals surface area contributed by atoms with E-state index >= 15 is 0 Å². The van der Waals surface area contributed by atoms with Gasteiger partial charge in [-0.1, -0.05) is 30.3 Å². The van der Waals surface area contributed by atoms with Crippen molar-refractivity contribution in [1.29, 1.82) is 0 Å². The fourth-order valence-corrected chi connectivity index (χ4v) is 3.60. The highest BCUT2D eigenvalue weighted by atomic mass is 16.5. The Kier molecular flexibility index (Phi) is 3.34. The van der Waals surface area contributed by atoms with Crippen LogP contribution in [0.3, 0.4) is 0 Å². The molecule has 22 heavy (non-hydrogen) atoms. The molecule has 4 rings (SSSR count). The number of rotatable bonds is 2. The summed E-state index contributed by atoms with van der Waals surface area (Å²) in [5.41, 5.74) is 1.82. The lowest BCUT2D eigenvalue weighted by molar-refractivity contribution is -0.128. The third-order valence-corrected chi connectivity index (χ3v) is 4.92. The number of benzene rings is 1. The maximum atomic E-state index is 12.3. The molecule has 4 heteroatoms. The van der Waals surface area contributed by atoms with E-state index in [9.17, 15) is 4.79 Å². The molecule has 1 saturated heterocycles. The van der Waals surface area contributed by atoms with Gasteiger partial charge in [0.15, 0.2) is 5.78 Å². The van der Waals surface area contributed by atoms with Crippen LogP contribution in [0.15, 0.2) is 46.7 Å². The first-order valence-electron chi connectivity index (χ1n) is 7.96. The second-order valence-corrected chi connectivity index (χ2v) is 6.46. The zero-order valence-corrected chi connectivity index (χ0v) is 12.6. The average Bonchev–Trinajstić information content (AvgIpc) is 3.00. The molecule has 1 aromatic carbocycles. The first-order chi connectivity index (χ1) is 10.7. The SMILES string of the molecule is O=C1CC2(CCN(Cc3ccccc3)CC2)OC2=C1CN=C2. The van der Waals surface area contributed by atoms with Crippen LogP contribution in [0.4, 0.5) is 0 Å². The molecule has 0 saturated carbocycles. The van der Waals surface area contributed by atoms with E-state index in [-0.39, 0.29) is 11.4 Å². The summed E-state index contributed by atoms with van der Waals surface area (Å²) in [5.74, 6) is 0.961. The van der Waals surface area contributed by atoms with Gasteiger partial charge in [-0.25, -0.2) is 0 Å². The molecule has 114 valence electrons. The van der Waals surface area contributed by atoms with Crippen molar-refractivity contribution in [1.82, 2.24) is 4.90 Å². The maximum Gasteiger partial charge on any atom is 0.168 e. The zero-order valence-electron chi connectivity index (χ0n) is 12.6. The molecule has 0 N–H and O–H groups in total. The van der Waals surface area contributed by atoms with E-state index in [1.807, 2.05) is 6.07 Å². The van der Waals surface area contributed by atoms with Gasteiger partial charge in [0.25, 0.3) is 0 Å². The molecular formula is C18H20N2O2. The Morgan fingerprint density at radius 1 is 1.18 bits per heavy atom. The number of nitrogens with zero attached hydrogens (tertiary/aromatic N) is 2. The average molecular weight is 296 g/mol. The summed E-state index contributed by atoms with van der Waals surface area (Å²) in [7, 11) is 0. The van der Waals surface area contributed by atoms with Crippen molar-refractivity contribution in [2.75, 3.05) is 19.6 Å². The van der Waals surface area contributed by atoms with Crippen LogP contribution in [0.5, 0.6) is 0 Å². The van der Waals surface area contributed by atoms with Crippen LogP contribution in [0.2, 0.25) is 0 Å². The molecule has 0 amide bonds. The second-order valence-electron chi connectivity index (χ2n) is 6.46. The lowest BCUT2D eigenvalue weighted by Gasteiger charge is -2.43. The van der Waals surface area contributed by atoms with Gasteiger partial charge in [0.05, 0.1) is 24.8 Å². The molecule has 3 heterocycles. The summed E-state index contributed by atoms with van der Waals surface area (Å²) in [5, 5.41) is 0. The zero-order chi connectivity index (χ0) is 15.0. The number of hydrogen-bond acceptors (Lipinski definition) is 4. The fraction of sp³-hybridized carbons (Fsp3) is 0.444. The fourth-order valence-electron chi connectivity index (χ4n) is 3.60. The van der Waals surface area contributed by atoms with Gasteiger partial charge in [0.2, 0.25) is 0 Å². The standard InChI is InChI=1S/C18H20N2O2/c21-16-10-18(22-17-12-19-11-15(16)17)6-8-20(9-7-18)13-14-4-2-1-3-5-14/h1-5,12H,6-11,13H2. The monoisotopic (exact) mass is 296 g/mol. The van der Waals surface area contributed by atoms with Crippen LogP contribution >= 0.6 is 0 Å². The Labute approximate surface area is 130 Å². The van der Waals surface area contributed by atoms with Crippen molar-refractivity contribution in [3.8, 4) is 0 Å². The number of ketones is 1. The highest BCUT2D eigenvalue weighted by molar-refractivity contribution is 6.04. The van der Waals surface area contributed by atoms with E-state index in [0.29, 0.717) is 13.0 Å². The number of Topliss-reactive ketones (excluding diaryl/α,β-unsaturated/α-hetero) is 1. The first kappa shape index (κ1) is 13.7. The normalized spacial score (nSPS) is 23.7. The molecule has 1 spiro atoms. The number of allylic oxidation sites excluding steroid dienone is 1. The van der Waals surface area contributed by atoms with E-state index in [4.69, 9.17) is 4.74 Å². The van der Waals surface area contributed by atoms with Gasteiger partial charge in [-0.3, -0.25) is 14.7 Å². The Morgan fingerprint density at radius 2 is 1.95 bits per heavy atom. The molecule has 0 radical (unpaired) electrons. The predicted molar refractivity (Wildman–Crippen MR) is 84.8 cm³/mol. The highest BCUT2D eigenvalue weighted by Gasteiger charge is 2.44. The molecule has 0 bridgehead atoms. The number of aliphatic imine (C=N–C) groups is 1. The predicted octanol–water partition coefficient (Wildman–Crippen LogP) is 2.35. The molecule has 0 unspecified atom stereocenters. The third-order valence-electron chi connectivity index (χ3n) is 4.92. The van der Waals surface area contributed by atoms with Crippen molar-refractivity contribution >= 4 is 12.0 Å². The molecule has 1 aromatic rings. The number of likely N-dealkylation sites (tertiary alicyclic amines) is 1. The molecule has 0 aliphatic carbocycles. The van der Waals surface area contributed by atoms with E-state index in [1.165, 1.54) is 5.56 Å². The van der Waals surface area contributed by atoms with Crippen LogP contribution in [0.25, 0.3) is 0 Å². The summed E-state index contributed by atoms with van der Waals surface area (Å²) >= 11 is 0. The Bertz CT molecular complexity index is 640. The largest absolute Gasteiger partial charge is 0.485 e. The van der Waals surface area contributed by atoms with Gasteiger partial charge in [0.1, 0.15) is 11.4 Å². The van der Waals surface area contributed by atoms with Crippen LogP contribution in [-0.4, -0.2) is 42.1 Å². The summed E-state index contributed by atoms with van der Waals surface area (Å²) in [6, 6.07) is 10.5. The Morgan fingerprint density at radius 3 is 2.73 bits per heavy atom. The maximum absolute atomic E-state index is 12.3. The van der Waals surface area contributed by atoms with Crippen molar-refractivity contribution in [2.45, 2.75) is 31.4 Å². The highest BCUT2D eigenvalue weighted by Crippen LogP contribution is 2.38. The number of hydrogen-bond donors (Lipinski definition) is 0. The molecule has 3 aliphatic rings. The lowest BCUT2D eigenvalue weighted by Crippen LogP contribution is -2.48. The van der Waals surface area contributed by atoms with Gasteiger partial charge in [-0.15, -0.1) is 0 Å². The van der Waals surface area contributed by atoms with Gasteiger partial charge in [-0.2, -0.15) is 0 Å². The van der Waals surface area contributed by atoms with E-state index in [1.54, 1.807) is 6.21 Å². The first-order valence-corrected chi connectivity index (χ1v) is 7.96. The summed E-state index contributed by atoms with van der Waals surface area (Å²) in [6.45, 7) is 3.43. The minimum Gasteiger partial charge on any atom is -0.485 e. The number of carbonyl (C=O) groups excluding carboxylic acids is 1. The van der Waals surface area contributed by atoms with Crippen LogP contribution in [-0.2, 0) is 16.1 Å². The molecule has 1 fully saturated rings. The van der Waals surface area contributed by atoms with E-state index in [2.05, 4.69) is 34.2 Å². The van der Waals surface area contributed by atoms with E-state index in [0.717, 1.165) is 43.8 Å². The molecule has 0 atom stereocenters.